The molecular formula is C8H7F5OS. The van der Waals surface area contributed by atoms with Crippen LogP contribution in [0.1, 0.15) is 6.92 Å². The van der Waals surface area contributed by atoms with E-state index in [1.807, 2.05) is 0 Å². The average molecular weight is 246 g/mol. The lowest BCUT2D eigenvalue weighted by molar-refractivity contribution is 0.318. The van der Waals surface area contributed by atoms with E-state index in [0.717, 1.165) is 0 Å². The number of hydrogen-bond donors (Lipinski definition) is 2. The van der Waals surface area contributed by atoms with Gasteiger partial charge in [-0.3, -0.25) is 0 Å². The second-order valence-corrected chi connectivity index (χ2v) is 2.68. The smallest absolute Gasteiger partial charge is 0.200 e. The third-order valence-electron chi connectivity index (χ3n) is 1.19. The molecule has 0 saturated carbocycles. The largest absolute Gasteiger partial charge is 0.397 e. The molecule has 7 heteroatoms. The van der Waals surface area contributed by atoms with Crippen molar-refractivity contribution in [3.8, 4) is 0 Å². The Morgan fingerprint density at radius 1 is 0.867 bits per heavy atom. The molecule has 0 aliphatic carbocycles. The molecule has 0 amide bonds. The van der Waals surface area contributed by atoms with Gasteiger partial charge in [0.25, 0.3) is 0 Å². The van der Waals surface area contributed by atoms with E-state index in [-0.39, 0.29) is 6.61 Å². The molecule has 0 saturated heterocycles. The highest BCUT2D eigenvalue weighted by Crippen LogP contribution is 2.24. The van der Waals surface area contributed by atoms with Crippen LogP contribution in [0.4, 0.5) is 22.0 Å². The minimum atomic E-state index is -2.18. The summed E-state index contributed by atoms with van der Waals surface area (Å²) in [6.07, 6.45) is 0. The molecule has 0 bridgehead atoms. The van der Waals surface area contributed by atoms with E-state index in [0.29, 0.717) is 0 Å². The number of rotatable bonds is 0. The van der Waals surface area contributed by atoms with E-state index >= 15 is 0 Å². The number of benzene rings is 1. The van der Waals surface area contributed by atoms with Gasteiger partial charge in [0.15, 0.2) is 23.3 Å². The predicted octanol–water partition coefficient (Wildman–Crippen LogP) is 2.67. The number of hydrogen-bond acceptors (Lipinski definition) is 2. The molecule has 0 fully saturated rings. The lowest BCUT2D eigenvalue weighted by Crippen LogP contribution is -2.01. The van der Waals surface area contributed by atoms with Crippen molar-refractivity contribution in [2.75, 3.05) is 6.61 Å². The molecule has 0 aromatic heterocycles. The van der Waals surface area contributed by atoms with Crippen molar-refractivity contribution in [2.24, 2.45) is 0 Å². The van der Waals surface area contributed by atoms with Crippen molar-refractivity contribution in [3.05, 3.63) is 29.1 Å². The summed E-state index contributed by atoms with van der Waals surface area (Å²) < 4.78 is 61.3. The summed E-state index contributed by atoms with van der Waals surface area (Å²) in [4.78, 5) is -1.17. The topological polar surface area (TPSA) is 20.2 Å². The normalized spacial score (nSPS) is 9.60. The highest BCUT2D eigenvalue weighted by atomic mass is 32.1. The summed E-state index contributed by atoms with van der Waals surface area (Å²) >= 11 is 3.10. The van der Waals surface area contributed by atoms with Gasteiger partial charge < -0.3 is 5.11 Å². The van der Waals surface area contributed by atoms with Gasteiger partial charge in [0.05, 0.1) is 4.90 Å². The molecule has 86 valence electrons. The number of aliphatic hydroxyl groups is 1. The van der Waals surface area contributed by atoms with Gasteiger partial charge in [0.1, 0.15) is 0 Å². The third kappa shape index (κ3) is 3.07. The highest BCUT2D eigenvalue weighted by Gasteiger charge is 2.23. The Labute approximate surface area is 87.9 Å². The molecular weight excluding hydrogens is 239 g/mol. The van der Waals surface area contributed by atoms with Crippen molar-refractivity contribution < 1.29 is 27.1 Å². The SMILES string of the molecule is CCO.Fc1c(F)c(F)c(S)c(F)c1F. The molecule has 0 radical (unpaired) electrons. The molecule has 15 heavy (non-hydrogen) atoms. The maximum atomic E-state index is 12.3. The van der Waals surface area contributed by atoms with Gasteiger partial charge >= 0.3 is 0 Å². The van der Waals surface area contributed by atoms with Crippen LogP contribution in [0.5, 0.6) is 0 Å². The Morgan fingerprint density at radius 2 is 1.07 bits per heavy atom. The Hall–Kier alpha value is -0.820. The van der Waals surface area contributed by atoms with E-state index in [1.165, 1.54) is 0 Å². The lowest BCUT2D eigenvalue weighted by atomic mass is 10.3. The molecule has 0 heterocycles. The first-order chi connectivity index (χ1) is 6.88. The summed E-state index contributed by atoms with van der Waals surface area (Å²) in [7, 11) is 0. The van der Waals surface area contributed by atoms with Crippen molar-refractivity contribution in [3.63, 3.8) is 0 Å². The molecule has 0 aliphatic heterocycles. The van der Waals surface area contributed by atoms with Crippen LogP contribution in [0.15, 0.2) is 4.90 Å². The van der Waals surface area contributed by atoms with Crippen LogP contribution < -0.4 is 0 Å². The molecule has 1 N–H and O–H groups in total. The zero-order chi connectivity index (χ0) is 12.2. The van der Waals surface area contributed by atoms with Gasteiger partial charge in [-0.2, -0.15) is 0 Å². The Balaban J connectivity index is 0.000000583. The monoisotopic (exact) mass is 246 g/mol. The minimum Gasteiger partial charge on any atom is -0.397 e. The average Bonchev–Trinajstić information content (AvgIpc) is 2.22. The first-order valence-corrected chi connectivity index (χ1v) is 4.14. The van der Waals surface area contributed by atoms with Gasteiger partial charge in [-0.15, -0.1) is 12.6 Å². The standard InChI is InChI=1S/C6HF5S.C2H6O/c7-1-2(8)4(10)6(12)5(11)3(1)9;1-2-3/h12H;3H,2H2,1H3. The number of aliphatic hydroxyl groups excluding tert-OH is 1. The molecule has 1 aromatic rings. The van der Waals surface area contributed by atoms with E-state index in [2.05, 4.69) is 12.6 Å². The summed E-state index contributed by atoms with van der Waals surface area (Å²) in [6.45, 7) is 1.93. The summed E-state index contributed by atoms with van der Waals surface area (Å²) in [6, 6.07) is 0. The molecule has 1 aromatic carbocycles. The van der Waals surface area contributed by atoms with Crippen molar-refractivity contribution in [2.45, 2.75) is 11.8 Å². The molecule has 0 unspecified atom stereocenters. The van der Waals surface area contributed by atoms with Gasteiger partial charge in [-0.1, -0.05) is 0 Å². The fourth-order valence-corrected chi connectivity index (χ4v) is 0.790. The number of thiol groups is 1. The predicted molar refractivity (Wildman–Crippen MR) is 46.2 cm³/mol. The fraction of sp³-hybridized carbons (Fsp3) is 0.250. The fourth-order valence-electron chi connectivity index (χ4n) is 0.593. The maximum absolute atomic E-state index is 12.3. The van der Waals surface area contributed by atoms with Crippen molar-refractivity contribution in [1.29, 1.82) is 0 Å². The quantitative estimate of drug-likeness (QED) is 0.312. The molecule has 1 nitrogen and oxygen atoms in total. The summed E-state index contributed by atoms with van der Waals surface area (Å²) in [5.41, 5.74) is 0. The van der Waals surface area contributed by atoms with Crippen LogP contribution in [0, 0.1) is 29.1 Å². The minimum absolute atomic E-state index is 0.250. The second-order valence-electron chi connectivity index (χ2n) is 2.23. The first kappa shape index (κ1) is 14.2. The van der Waals surface area contributed by atoms with Crippen LogP contribution in [0.25, 0.3) is 0 Å². The van der Waals surface area contributed by atoms with E-state index in [1.54, 1.807) is 6.92 Å². The van der Waals surface area contributed by atoms with Crippen molar-refractivity contribution in [1.82, 2.24) is 0 Å². The summed E-state index contributed by atoms with van der Waals surface area (Å²) in [5, 5.41) is 7.57. The van der Waals surface area contributed by atoms with Crippen LogP contribution in [0.2, 0.25) is 0 Å². The van der Waals surface area contributed by atoms with Gasteiger partial charge in [-0.05, 0) is 6.92 Å². The first-order valence-electron chi connectivity index (χ1n) is 3.69. The van der Waals surface area contributed by atoms with Crippen LogP contribution in [-0.4, -0.2) is 11.7 Å². The van der Waals surface area contributed by atoms with Crippen molar-refractivity contribution >= 4 is 12.6 Å². The molecule has 1 rings (SSSR count). The van der Waals surface area contributed by atoms with Gasteiger partial charge in [0, 0.05) is 6.61 Å². The van der Waals surface area contributed by atoms with Crippen LogP contribution in [-0.2, 0) is 0 Å². The Morgan fingerprint density at radius 3 is 1.33 bits per heavy atom. The van der Waals surface area contributed by atoms with Crippen LogP contribution in [0.3, 0.4) is 0 Å². The molecule has 0 atom stereocenters. The van der Waals surface area contributed by atoms with E-state index in [4.69, 9.17) is 5.11 Å². The van der Waals surface area contributed by atoms with Gasteiger partial charge in [-0.25, -0.2) is 22.0 Å². The number of halogens is 5. The summed E-state index contributed by atoms with van der Waals surface area (Å²) in [5.74, 6) is -10.00. The third-order valence-corrected chi connectivity index (χ3v) is 1.58. The van der Waals surface area contributed by atoms with E-state index < -0.39 is 34.0 Å². The van der Waals surface area contributed by atoms with Crippen LogP contribution >= 0.6 is 12.6 Å². The Bertz CT molecular complexity index is 250. The van der Waals surface area contributed by atoms with E-state index in [9.17, 15) is 22.0 Å². The zero-order valence-electron chi connectivity index (χ0n) is 7.49. The molecule has 0 spiro atoms. The maximum Gasteiger partial charge on any atom is 0.200 e. The highest BCUT2D eigenvalue weighted by molar-refractivity contribution is 7.80. The molecule has 0 aliphatic rings. The lowest BCUT2D eigenvalue weighted by Gasteiger charge is -2.01. The zero-order valence-corrected chi connectivity index (χ0v) is 8.39. The Kier molecular flexibility index (Phi) is 5.59. The second kappa shape index (κ2) is 5.92. The van der Waals surface area contributed by atoms with Gasteiger partial charge in [0.2, 0.25) is 5.82 Å².